The Labute approximate surface area is 186 Å². The van der Waals surface area contributed by atoms with Gasteiger partial charge in [-0.05, 0) is 47.4 Å². The predicted octanol–water partition coefficient (Wildman–Crippen LogP) is 7.24. The summed E-state index contributed by atoms with van der Waals surface area (Å²) in [6.07, 6.45) is 0.728. The quantitative estimate of drug-likeness (QED) is 0.309. The fraction of sp³-hybridized carbons (Fsp3) is 0.0833. The van der Waals surface area contributed by atoms with Gasteiger partial charge in [0.2, 0.25) is 0 Å². The number of aromatic nitrogens is 1. The number of aryl methyl sites for hydroxylation is 1. The van der Waals surface area contributed by atoms with Crippen molar-refractivity contribution in [2.45, 2.75) is 13.3 Å². The number of thiazole rings is 1. The molecule has 3 heterocycles. The first-order chi connectivity index (χ1) is 14.7. The molecule has 2 aromatic carbocycles. The monoisotopic (exact) mass is 446 g/mol. The van der Waals surface area contributed by atoms with Gasteiger partial charge in [0.1, 0.15) is 0 Å². The molecule has 0 spiro atoms. The maximum Gasteiger partial charge on any atom is 0.267 e. The van der Waals surface area contributed by atoms with Crippen LogP contribution >= 0.6 is 34.0 Å². The van der Waals surface area contributed by atoms with Crippen LogP contribution in [0.25, 0.3) is 20.7 Å². The van der Waals surface area contributed by atoms with E-state index in [1.165, 1.54) is 22.5 Å². The summed E-state index contributed by atoms with van der Waals surface area (Å²) in [6.45, 7) is 2.08. The molecule has 0 aliphatic rings. The lowest BCUT2D eigenvalue weighted by Crippen LogP contribution is -2.12. The first-order valence-electron chi connectivity index (χ1n) is 9.54. The first kappa shape index (κ1) is 19.2. The van der Waals surface area contributed by atoms with E-state index in [0.717, 1.165) is 37.5 Å². The molecule has 0 unspecified atom stereocenters. The van der Waals surface area contributed by atoms with Crippen molar-refractivity contribution >= 4 is 55.1 Å². The van der Waals surface area contributed by atoms with Crippen molar-refractivity contribution in [1.82, 2.24) is 4.98 Å². The van der Waals surface area contributed by atoms with E-state index in [-0.39, 0.29) is 5.91 Å². The molecular formula is C24H18N2OS3. The summed E-state index contributed by atoms with van der Waals surface area (Å²) in [7, 11) is 0. The van der Waals surface area contributed by atoms with Gasteiger partial charge in [0.15, 0.2) is 5.13 Å². The van der Waals surface area contributed by atoms with Crippen LogP contribution in [-0.2, 0) is 6.42 Å². The minimum absolute atomic E-state index is 0.0922. The van der Waals surface area contributed by atoms with Crippen LogP contribution in [0.15, 0.2) is 71.4 Å². The number of fused-ring (bicyclic) bond motifs is 1. The molecule has 3 aromatic heterocycles. The van der Waals surface area contributed by atoms with Gasteiger partial charge in [-0.3, -0.25) is 10.1 Å². The summed E-state index contributed by atoms with van der Waals surface area (Å²) in [5, 5.41) is 8.81. The Morgan fingerprint density at radius 2 is 1.83 bits per heavy atom. The zero-order valence-corrected chi connectivity index (χ0v) is 18.7. The second-order valence-electron chi connectivity index (χ2n) is 7.04. The molecule has 1 N–H and O–H groups in total. The lowest BCUT2D eigenvalue weighted by atomic mass is 10.0. The molecule has 0 aliphatic carbocycles. The second kappa shape index (κ2) is 8.14. The van der Waals surface area contributed by atoms with Crippen molar-refractivity contribution in [2.24, 2.45) is 0 Å². The summed E-state index contributed by atoms with van der Waals surface area (Å²) < 4.78 is 1.13. The summed E-state index contributed by atoms with van der Waals surface area (Å²) in [6, 6.07) is 20.8. The molecule has 3 nitrogen and oxygen atoms in total. The fourth-order valence-electron chi connectivity index (χ4n) is 3.39. The number of carbonyl (C=O) groups excluding carboxylic acids is 1. The van der Waals surface area contributed by atoms with Crippen LogP contribution in [0.4, 0.5) is 5.13 Å². The van der Waals surface area contributed by atoms with E-state index in [1.807, 2.05) is 35.0 Å². The van der Waals surface area contributed by atoms with E-state index in [2.05, 4.69) is 53.6 Å². The molecule has 5 aromatic rings. The van der Waals surface area contributed by atoms with Gasteiger partial charge in [-0.1, -0.05) is 54.1 Å². The van der Waals surface area contributed by atoms with E-state index in [4.69, 9.17) is 0 Å². The highest BCUT2D eigenvalue weighted by Crippen LogP contribution is 2.34. The Morgan fingerprint density at radius 1 is 1.00 bits per heavy atom. The van der Waals surface area contributed by atoms with Gasteiger partial charge >= 0.3 is 0 Å². The summed E-state index contributed by atoms with van der Waals surface area (Å²) >= 11 is 4.65. The third-order valence-corrected chi connectivity index (χ3v) is 7.77. The highest BCUT2D eigenvalue weighted by Gasteiger charge is 2.20. The standard InChI is InChI=1S/C24H18N2OS3/c1-15-8-10-16(11-9-15)13-18-17-5-2-3-6-20(17)30-22(18)23(27)26-24-25-19(14-29-24)21-7-4-12-28-21/h2-12,14H,13H2,1H3,(H,25,26,27). The van der Waals surface area contributed by atoms with Crippen LogP contribution in [0.2, 0.25) is 0 Å². The lowest BCUT2D eigenvalue weighted by Gasteiger charge is -2.06. The van der Waals surface area contributed by atoms with Gasteiger partial charge in [0, 0.05) is 10.1 Å². The average Bonchev–Trinajstić information content (AvgIpc) is 3.50. The number of nitrogens with zero attached hydrogens (tertiary/aromatic N) is 1. The Kier molecular flexibility index (Phi) is 5.21. The zero-order chi connectivity index (χ0) is 20.5. The molecule has 0 atom stereocenters. The molecule has 0 radical (unpaired) electrons. The van der Waals surface area contributed by atoms with Crippen molar-refractivity contribution in [3.8, 4) is 10.6 Å². The smallest absolute Gasteiger partial charge is 0.267 e. The van der Waals surface area contributed by atoms with Crippen LogP contribution in [0, 0.1) is 6.92 Å². The summed E-state index contributed by atoms with van der Waals surface area (Å²) in [4.78, 5) is 19.7. The number of rotatable bonds is 5. The lowest BCUT2D eigenvalue weighted by molar-refractivity contribution is 0.103. The van der Waals surface area contributed by atoms with Crippen molar-refractivity contribution in [3.63, 3.8) is 0 Å². The number of carbonyl (C=O) groups is 1. The van der Waals surface area contributed by atoms with E-state index in [9.17, 15) is 4.79 Å². The Balaban J connectivity index is 1.47. The van der Waals surface area contributed by atoms with Gasteiger partial charge in [0.05, 0.1) is 15.4 Å². The number of anilines is 1. The summed E-state index contributed by atoms with van der Waals surface area (Å²) in [5.41, 5.74) is 4.41. The van der Waals surface area contributed by atoms with Gasteiger partial charge in [0.25, 0.3) is 5.91 Å². The number of amides is 1. The van der Waals surface area contributed by atoms with Crippen LogP contribution in [-0.4, -0.2) is 10.9 Å². The van der Waals surface area contributed by atoms with Crippen LogP contribution < -0.4 is 5.32 Å². The number of thiophene rings is 2. The van der Waals surface area contributed by atoms with Crippen LogP contribution in [0.1, 0.15) is 26.4 Å². The van der Waals surface area contributed by atoms with E-state index in [0.29, 0.717) is 5.13 Å². The fourth-order valence-corrected chi connectivity index (χ4v) is 5.97. The average molecular weight is 447 g/mol. The highest BCUT2D eigenvalue weighted by atomic mass is 32.1. The third-order valence-electron chi connectivity index (χ3n) is 4.90. The zero-order valence-electron chi connectivity index (χ0n) is 16.2. The van der Waals surface area contributed by atoms with Gasteiger partial charge in [-0.2, -0.15) is 0 Å². The minimum atomic E-state index is -0.0922. The molecule has 0 aliphatic heterocycles. The van der Waals surface area contributed by atoms with Crippen molar-refractivity contribution < 1.29 is 4.79 Å². The molecule has 5 rings (SSSR count). The molecular weight excluding hydrogens is 428 g/mol. The number of hydrogen-bond acceptors (Lipinski definition) is 5. The third kappa shape index (κ3) is 3.81. The van der Waals surface area contributed by atoms with Crippen molar-refractivity contribution in [3.05, 3.63) is 93.0 Å². The van der Waals surface area contributed by atoms with Crippen LogP contribution in [0.3, 0.4) is 0 Å². The Bertz CT molecular complexity index is 1310. The van der Waals surface area contributed by atoms with Gasteiger partial charge < -0.3 is 0 Å². The van der Waals surface area contributed by atoms with E-state index in [1.54, 1.807) is 22.7 Å². The molecule has 0 fully saturated rings. The SMILES string of the molecule is Cc1ccc(Cc2c(C(=O)Nc3nc(-c4cccs4)cs3)sc3ccccc23)cc1. The van der Waals surface area contributed by atoms with E-state index >= 15 is 0 Å². The molecule has 148 valence electrons. The molecule has 6 heteroatoms. The largest absolute Gasteiger partial charge is 0.297 e. The predicted molar refractivity (Wildman–Crippen MR) is 129 cm³/mol. The molecule has 30 heavy (non-hydrogen) atoms. The van der Waals surface area contributed by atoms with Gasteiger partial charge in [-0.15, -0.1) is 34.0 Å². The van der Waals surface area contributed by atoms with E-state index < -0.39 is 0 Å². The highest BCUT2D eigenvalue weighted by molar-refractivity contribution is 7.21. The van der Waals surface area contributed by atoms with Crippen LogP contribution in [0.5, 0.6) is 0 Å². The van der Waals surface area contributed by atoms with Crippen molar-refractivity contribution in [1.29, 1.82) is 0 Å². The molecule has 0 bridgehead atoms. The number of benzene rings is 2. The maximum atomic E-state index is 13.2. The number of nitrogens with one attached hydrogen (secondary N) is 1. The normalized spacial score (nSPS) is 11.1. The Hall–Kier alpha value is -2.80. The molecule has 0 saturated heterocycles. The van der Waals surface area contributed by atoms with Crippen molar-refractivity contribution in [2.75, 3.05) is 5.32 Å². The minimum Gasteiger partial charge on any atom is -0.297 e. The molecule has 1 amide bonds. The topological polar surface area (TPSA) is 42.0 Å². The summed E-state index contributed by atoms with van der Waals surface area (Å²) in [5.74, 6) is -0.0922. The molecule has 0 saturated carbocycles. The number of hydrogen-bond donors (Lipinski definition) is 1. The first-order valence-corrected chi connectivity index (χ1v) is 12.1. The Morgan fingerprint density at radius 3 is 2.63 bits per heavy atom. The second-order valence-corrected chi connectivity index (χ2v) is 9.90. The maximum absolute atomic E-state index is 13.2. The van der Waals surface area contributed by atoms with Gasteiger partial charge in [-0.25, -0.2) is 4.98 Å².